The van der Waals surface area contributed by atoms with E-state index < -0.39 is 6.09 Å². The third-order valence-corrected chi connectivity index (χ3v) is 2.51. The summed E-state index contributed by atoms with van der Waals surface area (Å²) >= 11 is 0. The summed E-state index contributed by atoms with van der Waals surface area (Å²) in [6, 6.07) is 0. The van der Waals surface area contributed by atoms with Crippen LogP contribution in [-0.4, -0.2) is 12.6 Å². The summed E-state index contributed by atoms with van der Waals surface area (Å²) in [4.78, 5) is 10.1. The van der Waals surface area contributed by atoms with E-state index in [9.17, 15) is 9.90 Å². The first-order valence-electron chi connectivity index (χ1n) is 4.74. The molecule has 0 aromatic heterocycles. The summed E-state index contributed by atoms with van der Waals surface area (Å²) < 4.78 is 0. The minimum Gasteiger partial charge on any atom is -0.318 e. The van der Waals surface area contributed by atoms with E-state index in [4.69, 9.17) is 0 Å². The molecular weight excluding hydrogens is 154 g/mol. The fraction of sp³-hybridized carbons (Fsp3) is 0.889. The highest BCUT2D eigenvalue weighted by atomic mass is 16.4. The van der Waals surface area contributed by atoms with Gasteiger partial charge in [0.15, 0.2) is 0 Å². The monoisotopic (exact) mass is 170 g/mol. The Morgan fingerprint density at radius 1 is 1.17 bits per heavy atom. The lowest BCUT2D eigenvalue weighted by molar-refractivity contribution is 0.166. The highest BCUT2D eigenvalue weighted by Crippen LogP contribution is 2.21. The van der Waals surface area contributed by atoms with Crippen molar-refractivity contribution >= 4 is 6.09 Å². The first-order valence-corrected chi connectivity index (χ1v) is 4.74. The first-order chi connectivity index (χ1) is 5.79. The molecule has 1 N–H and O–H groups in total. The Labute approximate surface area is 73.2 Å². The Hall–Kier alpha value is -0.730. The van der Waals surface area contributed by atoms with E-state index in [-0.39, 0.29) is 0 Å². The molecule has 3 heteroatoms. The van der Waals surface area contributed by atoms with Crippen LogP contribution < -0.4 is 5.32 Å². The predicted octanol–water partition coefficient (Wildman–Crippen LogP) is 2.10. The summed E-state index contributed by atoms with van der Waals surface area (Å²) in [6.07, 6.45) is 6.31. The third kappa shape index (κ3) is 3.60. The molecule has 1 radical (unpaired) electrons. The molecule has 1 amide bonds. The van der Waals surface area contributed by atoms with Crippen molar-refractivity contribution in [2.45, 2.75) is 38.5 Å². The van der Waals surface area contributed by atoms with Crippen molar-refractivity contribution in [2.75, 3.05) is 6.54 Å². The molecule has 0 unspecified atom stereocenters. The first kappa shape index (κ1) is 9.36. The van der Waals surface area contributed by atoms with Gasteiger partial charge in [0.1, 0.15) is 0 Å². The van der Waals surface area contributed by atoms with Gasteiger partial charge in [-0.25, -0.2) is 9.90 Å². The largest absolute Gasteiger partial charge is 0.450 e. The minimum absolute atomic E-state index is 0.547. The Bertz CT molecular complexity index is 139. The van der Waals surface area contributed by atoms with E-state index in [1.54, 1.807) is 0 Å². The van der Waals surface area contributed by atoms with Crippen LogP contribution in [0.25, 0.3) is 0 Å². The number of nitrogens with one attached hydrogen (secondary N) is 1. The number of rotatable bonds is 2. The minimum atomic E-state index is -1.14. The Morgan fingerprint density at radius 3 is 2.25 bits per heavy atom. The van der Waals surface area contributed by atoms with Gasteiger partial charge in [0, 0.05) is 6.54 Å². The van der Waals surface area contributed by atoms with E-state index in [0.717, 1.165) is 0 Å². The van der Waals surface area contributed by atoms with E-state index in [0.29, 0.717) is 12.5 Å². The number of carbonyl (C=O) groups is 1. The van der Waals surface area contributed by atoms with Crippen LogP contribution in [0.1, 0.15) is 38.5 Å². The van der Waals surface area contributed by atoms with Gasteiger partial charge in [-0.3, -0.25) is 0 Å². The molecule has 0 heterocycles. The van der Waals surface area contributed by atoms with Crippen molar-refractivity contribution in [3.8, 4) is 0 Å². The lowest BCUT2D eigenvalue weighted by Gasteiger charge is -2.12. The zero-order valence-corrected chi connectivity index (χ0v) is 7.34. The van der Waals surface area contributed by atoms with Gasteiger partial charge in [-0.2, -0.15) is 0 Å². The van der Waals surface area contributed by atoms with Gasteiger partial charge in [0.25, 0.3) is 0 Å². The van der Waals surface area contributed by atoms with Gasteiger partial charge in [-0.1, -0.05) is 25.7 Å². The van der Waals surface area contributed by atoms with Crippen molar-refractivity contribution in [2.24, 2.45) is 5.92 Å². The summed E-state index contributed by atoms with van der Waals surface area (Å²) in [5.41, 5.74) is 0. The van der Waals surface area contributed by atoms with Crippen LogP contribution in [0.2, 0.25) is 0 Å². The number of carbonyl (C=O) groups excluding carboxylic acids is 1. The van der Waals surface area contributed by atoms with Crippen molar-refractivity contribution in [3.05, 3.63) is 0 Å². The second-order valence-electron chi connectivity index (χ2n) is 3.53. The molecule has 1 aliphatic rings. The molecule has 0 aromatic carbocycles. The molecule has 69 valence electrons. The second kappa shape index (κ2) is 5.01. The Morgan fingerprint density at radius 2 is 1.75 bits per heavy atom. The molecule has 0 aromatic rings. The maximum absolute atomic E-state index is 10.1. The van der Waals surface area contributed by atoms with Crippen molar-refractivity contribution in [3.63, 3.8) is 0 Å². The van der Waals surface area contributed by atoms with Gasteiger partial charge in [0.2, 0.25) is 0 Å². The van der Waals surface area contributed by atoms with E-state index in [2.05, 4.69) is 5.32 Å². The maximum Gasteiger partial charge on any atom is 0.450 e. The zero-order chi connectivity index (χ0) is 8.81. The van der Waals surface area contributed by atoms with Gasteiger partial charge in [-0.05, 0) is 18.8 Å². The number of hydrogen-bond acceptors (Lipinski definition) is 1. The Balaban J connectivity index is 2.16. The molecule has 1 saturated carbocycles. The fourth-order valence-corrected chi connectivity index (χ4v) is 1.80. The molecule has 12 heavy (non-hydrogen) atoms. The molecule has 1 fully saturated rings. The van der Waals surface area contributed by atoms with E-state index >= 15 is 0 Å². The molecule has 0 bridgehead atoms. The molecule has 0 saturated heterocycles. The van der Waals surface area contributed by atoms with Crippen LogP contribution in [0, 0.1) is 5.92 Å². The van der Waals surface area contributed by atoms with Crippen LogP contribution in [0.3, 0.4) is 0 Å². The zero-order valence-electron chi connectivity index (χ0n) is 7.34. The molecule has 0 aliphatic heterocycles. The standard InChI is InChI=1S/C9H16NO2/c11-9(12)10-7-8-5-3-1-2-4-6-8/h8,10H,1-7H2. The summed E-state index contributed by atoms with van der Waals surface area (Å²) in [6.45, 7) is 0.586. The van der Waals surface area contributed by atoms with Gasteiger partial charge < -0.3 is 5.32 Å². The average Bonchev–Trinajstić information content (AvgIpc) is 2.28. The van der Waals surface area contributed by atoms with Crippen LogP contribution >= 0.6 is 0 Å². The number of hydrogen-bond donors (Lipinski definition) is 1. The van der Waals surface area contributed by atoms with Crippen LogP contribution in [0.5, 0.6) is 0 Å². The average molecular weight is 170 g/mol. The van der Waals surface area contributed by atoms with Crippen LogP contribution in [0.15, 0.2) is 0 Å². The van der Waals surface area contributed by atoms with Crippen LogP contribution in [0.4, 0.5) is 4.79 Å². The third-order valence-electron chi connectivity index (χ3n) is 2.51. The molecule has 0 atom stereocenters. The molecule has 3 nitrogen and oxygen atoms in total. The van der Waals surface area contributed by atoms with E-state index in [1.807, 2.05) is 0 Å². The molecule has 1 rings (SSSR count). The van der Waals surface area contributed by atoms with E-state index in [1.165, 1.54) is 38.5 Å². The number of amides is 1. The fourth-order valence-electron chi connectivity index (χ4n) is 1.80. The van der Waals surface area contributed by atoms with Gasteiger partial charge in [-0.15, -0.1) is 0 Å². The Kier molecular flexibility index (Phi) is 3.91. The topological polar surface area (TPSA) is 49.0 Å². The highest BCUT2D eigenvalue weighted by Gasteiger charge is 2.12. The molecule has 1 aliphatic carbocycles. The lowest BCUT2D eigenvalue weighted by Crippen LogP contribution is -2.26. The van der Waals surface area contributed by atoms with Gasteiger partial charge in [0.05, 0.1) is 0 Å². The van der Waals surface area contributed by atoms with Gasteiger partial charge >= 0.3 is 6.09 Å². The summed E-state index contributed by atoms with van der Waals surface area (Å²) in [7, 11) is 0. The lowest BCUT2D eigenvalue weighted by atomic mass is 10.0. The maximum atomic E-state index is 10.1. The SMILES string of the molecule is [O]C(=O)NCC1CCCCCC1. The summed E-state index contributed by atoms with van der Waals surface area (Å²) in [5.74, 6) is 0.547. The quantitative estimate of drug-likeness (QED) is 0.634. The smallest absolute Gasteiger partial charge is 0.318 e. The second-order valence-corrected chi connectivity index (χ2v) is 3.53. The predicted molar refractivity (Wildman–Crippen MR) is 45.3 cm³/mol. The molecule has 0 spiro atoms. The normalized spacial score (nSPS) is 20.0. The van der Waals surface area contributed by atoms with Crippen molar-refractivity contribution in [1.82, 2.24) is 5.32 Å². The van der Waals surface area contributed by atoms with Crippen LogP contribution in [-0.2, 0) is 5.11 Å². The highest BCUT2D eigenvalue weighted by molar-refractivity contribution is 5.63. The summed E-state index contributed by atoms with van der Waals surface area (Å²) in [5, 5.41) is 12.5. The van der Waals surface area contributed by atoms with Crippen molar-refractivity contribution in [1.29, 1.82) is 0 Å². The van der Waals surface area contributed by atoms with Crippen molar-refractivity contribution < 1.29 is 9.90 Å². The molecular formula is C9H16NO2.